The summed E-state index contributed by atoms with van der Waals surface area (Å²) in [6.45, 7) is 17.3. The van der Waals surface area contributed by atoms with Gasteiger partial charge in [0, 0.05) is 12.6 Å². The lowest BCUT2D eigenvalue weighted by molar-refractivity contribution is 0.475. The average Bonchev–Trinajstić information content (AvgIpc) is 3.01. The number of imidazole rings is 1. The van der Waals surface area contributed by atoms with Crippen molar-refractivity contribution in [2.24, 2.45) is 0 Å². The second kappa shape index (κ2) is 14.6. The minimum Gasteiger partial charge on any atom is -0.326 e. The number of benzene rings is 1. The van der Waals surface area contributed by atoms with Gasteiger partial charge >= 0.3 is 0 Å². The number of nitrogens with zero attached hydrogens (tertiary/aromatic N) is 2. The van der Waals surface area contributed by atoms with E-state index >= 15 is 0 Å². The number of rotatable bonds is 4. The van der Waals surface area contributed by atoms with Crippen LogP contribution in [0.2, 0.25) is 0 Å². The summed E-state index contributed by atoms with van der Waals surface area (Å²) in [6.07, 6.45) is 3.07. The van der Waals surface area contributed by atoms with E-state index in [1.54, 1.807) is 0 Å². The number of aromatic nitrogens is 2. The zero-order chi connectivity index (χ0) is 17.5. The molecular formula is C19H37N3. The highest BCUT2D eigenvalue weighted by atomic mass is 15.1. The Kier molecular flexibility index (Phi) is 15.2. The number of likely N-dealkylation sites (N-methyl/N-ethyl adjacent to an activating group) is 1. The first-order chi connectivity index (χ1) is 10.8. The Hall–Kier alpha value is -1.35. The van der Waals surface area contributed by atoms with Crippen molar-refractivity contribution in [2.45, 2.75) is 67.9 Å². The third-order valence-electron chi connectivity index (χ3n) is 3.03. The lowest BCUT2D eigenvalue weighted by atomic mass is 10.2. The van der Waals surface area contributed by atoms with Gasteiger partial charge in [-0.15, -0.1) is 0 Å². The molecule has 128 valence electrons. The van der Waals surface area contributed by atoms with Gasteiger partial charge in [-0.3, -0.25) is 0 Å². The molecule has 0 unspecified atom stereocenters. The maximum atomic E-state index is 4.45. The van der Waals surface area contributed by atoms with Crippen LogP contribution in [0, 0.1) is 6.92 Å². The van der Waals surface area contributed by atoms with Crippen molar-refractivity contribution in [1.82, 2.24) is 14.9 Å². The number of aryl methyl sites for hydroxylation is 1. The fraction of sp³-hybridized carbons (Fsp3) is 0.632. The van der Waals surface area contributed by atoms with Gasteiger partial charge in [0.1, 0.15) is 0 Å². The Morgan fingerprint density at radius 3 is 2.18 bits per heavy atom. The highest BCUT2D eigenvalue weighted by molar-refractivity contribution is 5.76. The van der Waals surface area contributed by atoms with Gasteiger partial charge in [0.2, 0.25) is 0 Å². The van der Waals surface area contributed by atoms with E-state index in [-0.39, 0.29) is 0 Å². The van der Waals surface area contributed by atoms with Gasteiger partial charge in [0.05, 0.1) is 17.4 Å². The summed E-state index contributed by atoms with van der Waals surface area (Å²) in [5.41, 5.74) is 3.61. The standard InChI is InChI=1S/C13H19N3.3C2H6/c1-4-11(8-14-3)16-9-15-12-6-5-10(2)7-13(12)16;3*1-2/h5-7,9,11,14H,4,8H2,1-3H3;3*1-2H3/t11-;;;/m0.../s1. The van der Waals surface area contributed by atoms with Crippen LogP contribution in [-0.2, 0) is 0 Å². The summed E-state index contributed by atoms with van der Waals surface area (Å²) in [5.74, 6) is 0. The van der Waals surface area contributed by atoms with Crippen molar-refractivity contribution in [3.8, 4) is 0 Å². The molecule has 0 fully saturated rings. The molecule has 0 spiro atoms. The molecule has 1 N–H and O–H groups in total. The molecule has 1 aromatic heterocycles. The van der Waals surface area contributed by atoms with Crippen molar-refractivity contribution >= 4 is 11.0 Å². The molecule has 0 aliphatic rings. The van der Waals surface area contributed by atoms with Crippen LogP contribution in [0.5, 0.6) is 0 Å². The smallest absolute Gasteiger partial charge is 0.0961 e. The zero-order valence-corrected chi connectivity index (χ0v) is 16.2. The summed E-state index contributed by atoms with van der Waals surface area (Å²) >= 11 is 0. The van der Waals surface area contributed by atoms with Crippen LogP contribution >= 0.6 is 0 Å². The SMILES string of the molecule is CC.CC.CC.CC[C@@H](CNC)n1cnc2ccc(C)cc21. The van der Waals surface area contributed by atoms with E-state index in [9.17, 15) is 0 Å². The Labute approximate surface area is 138 Å². The fourth-order valence-electron chi connectivity index (χ4n) is 2.10. The van der Waals surface area contributed by atoms with E-state index in [1.807, 2.05) is 54.9 Å². The van der Waals surface area contributed by atoms with Crippen LogP contribution in [0.15, 0.2) is 24.5 Å². The summed E-state index contributed by atoms with van der Waals surface area (Å²) in [5, 5.41) is 3.24. The molecule has 1 atom stereocenters. The zero-order valence-electron chi connectivity index (χ0n) is 16.2. The molecule has 3 nitrogen and oxygen atoms in total. The van der Waals surface area contributed by atoms with Crippen LogP contribution in [0.25, 0.3) is 11.0 Å². The van der Waals surface area contributed by atoms with Gasteiger partial charge in [0.15, 0.2) is 0 Å². The largest absolute Gasteiger partial charge is 0.326 e. The summed E-state index contributed by atoms with van der Waals surface area (Å²) in [4.78, 5) is 4.45. The van der Waals surface area contributed by atoms with Crippen molar-refractivity contribution < 1.29 is 0 Å². The molecule has 1 heterocycles. The van der Waals surface area contributed by atoms with E-state index in [0.29, 0.717) is 6.04 Å². The van der Waals surface area contributed by atoms with Crippen LogP contribution in [0.1, 0.15) is 66.5 Å². The third-order valence-corrected chi connectivity index (χ3v) is 3.03. The normalized spacial score (nSPS) is 10.4. The second-order valence-corrected chi connectivity index (χ2v) is 4.26. The molecule has 3 heteroatoms. The Bertz CT molecular complexity index is 474. The minimum atomic E-state index is 0.483. The maximum absolute atomic E-state index is 4.45. The third kappa shape index (κ3) is 6.61. The van der Waals surface area contributed by atoms with Crippen molar-refractivity contribution in [2.75, 3.05) is 13.6 Å². The lowest BCUT2D eigenvalue weighted by Crippen LogP contribution is -2.21. The average molecular weight is 308 g/mol. The minimum absolute atomic E-state index is 0.483. The van der Waals surface area contributed by atoms with Crippen molar-refractivity contribution in [3.05, 3.63) is 30.1 Å². The number of fused-ring (bicyclic) bond motifs is 1. The van der Waals surface area contributed by atoms with Crippen LogP contribution in [-0.4, -0.2) is 23.1 Å². The Morgan fingerprint density at radius 1 is 1.09 bits per heavy atom. The first-order valence-corrected chi connectivity index (χ1v) is 8.84. The summed E-state index contributed by atoms with van der Waals surface area (Å²) in [6, 6.07) is 6.89. The fourth-order valence-corrected chi connectivity index (χ4v) is 2.10. The predicted octanol–water partition coefficient (Wildman–Crippen LogP) is 5.59. The number of hydrogen-bond donors (Lipinski definition) is 1. The van der Waals surface area contributed by atoms with Crippen molar-refractivity contribution in [1.29, 1.82) is 0 Å². The van der Waals surface area contributed by atoms with Gasteiger partial charge in [-0.2, -0.15) is 0 Å². The molecule has 0 bridgehead atoms. The molecule has 0 saturated heterocycles. The van der Waals surface area contributed by atoms with Crippen LogP contribution < -0.4 is 5.32 Å². The van der Waals surface area contributed by atoms with Crippen LogP contribution in [0.4, 0.5) is 0 Å². The van der Waals surface area contributed by atoms with Crippen molar-refractivity contribution in [3.63, 3.8) is 0 Å². The highest BCUT2D eigenvalue weighted by Gasteiger charge is 2.11. The molecule has 0 amide bonds. The van der Waals surface area contributed by atoms with E-state index in [2.05, 4.69) is 46.9 Å². The molecule has 2 aromatic rings. The van der Waals surface area contributed by atoms with E-state index < -0.39 is 0 Å². The molecule has 0 radical (unpaired) electrons. The molecule has 0 saturated carbocycles. The lowest BCUT2D eigenvalue weighted by Gasteiger charge is -2.17. The predicted molar refractivity (Wildman–Crippen MR) is 102 cm³/mol. The van der Waals surface area contributed by atoms with Gasteiger partial charge in [0.25, 0.3) is 0 Å². The van der Waals surface area contributed by atoms with Gasteiger partial charge in [-0.1, -0.05) is 54.5 Å². The molecule has 1 aromatic carbocycles. The molecular weight excluding hydrogens is 270 g/mol. The van der Waals surface area contributed by atoms with Gasteiger partial charge in [-0.25, -0.2) is 4.98 Å². The summed E-state index contributed by atoms with van der Waals surface area (Å²) in [7, 11) is 1.99. The molecule has 22 heavy (non-hydrogen) atoms. The quantitative estimate of drug-likeness (QED) is 0.797. The number of nitrogens with one attached hydrogen (secondary N) is 1. The Morgan fingerprint density at radius 2 is 1.68 bits per heavy atom. The second-order valence-electron chi connectivity index (χ2n) is 4.26. The van der Waals surface area contributed by atoms with E-state index in [4.69, 9.17) is 0 Å². The molecule has 0 aliphatic carbocycles. The highest BCUT2D eigenvalue weighted by Crippen LogP contribution is 2.20. The summed E-state index contributed by atoms with van der Waals surface area (Å²) < 4.78 is 2.28. The number of hydrogen-bond acceptors (Lipinski definition) is 2. The first kappa shape index (κ1) is 22.9. The Balaban J connectivity index is 0. The van der Waals surface area contributed by atoms with Gasteiger partial charge < -0.3 is 9.88 Å². The van der Waals surface area contributed by atoms with Gasteiger partial charge in [-0.05, 0) is 38.1 Å². The first-order valence-electron chi connectivity index (χ1n) is 8.84. The van der Waals surface area contributed by atoms with Crippen LogP contribution in [0.3, 0.4) is 0 Å². The van der Waals surface area contributed by atoms with E-state index in [1.165, 1.54) is 11.1 Å². The molecule has 0 aliphatic heterocycles. The monoisotopic (exact) mass is 307 g/mol. The maximum Gasteiger partial charge on any atom is 0.0961 e. The van der Waals surface area contributed by atoms with E-state index in [0.717, 1.165) is 18.5 Å². The molecule has 2 rings (SSSR count). The topological polar surface area (TPSA) is 29.9 Å².